The average molecular weight is 248 g/mol. The van der Waals surface area contributed by atoms with Crippen molar-refractivity contribution in [3.8, 4) is 0 Å². The molecule has 0 radical (unpaired) electrons. The maximum Gasteiger partial charge on any atom is 0.210 e. The second-order valence-electron chi connectivity index (χ2n) is 3.58. The number of sulfone groups is 1. The fourth-order valence-electron chi connectivity index (χ4n) is 1.57. The summed E-state index contributed by atoms with van der Waals surface area (Å²) in [6.45, 7) is 0. The summed E-state index contributed by atoms with van der Waals surface area (Å²) in [4.78, 5) is 0.163. The van der Waals surface area contributed by atoms with Crippen LogP contribution in [0.2, 0.25) is 0 Å². The molecule has 0 unspecified atom stereocenters. The van der Waals surface area contributed by atoms with E-state index in [2.05, 4.69) is 0 Å². The van der Waals surface area contributed by atoms with E-state index in [9.17, 15) is 8.42 Å². The second kappa shape index (κ2) is 4.10. The quantitative estimate of drug-likeness (QED) is 0.792. The number of nitrogens with two attached hydrogens (primary N) is 2. The third-order valence-corrected chi connectivity index (χ3v) is 4.32. The van der Waals surface area contributed by atoms with Crippen molar-refractivity contribution in [2.75, 3.05) is 11.5 Å². The summed E-state index contributed by atoms with van der Waals surface area (Å²) in [6.07, 6.45) is 0. The van der Waals surface area contributed by atoms with Gasteiger partial charge in [-0.15, -0.1) is 0 Å². The zero-order valence-corrected chi connectivity index (χ0v) is 9.81. The number of benzene rings is 2. The zero-order chi connectivity index (χ0) is 12.5. The first-order valence-electron chi connectivity index (χ1n) is 4.97. The van der Waals surface area contributed by atoms with Gasteiger partial charge in [0.25, 0.3) is 0 Å². The van der Waals surface area contributed by atoms with Gasteiger partial charge in [0.15, 0.2) is 0 Å². The Kier molecular flexibility index (Phi) is 2.77. The Hall–Kier alpha value is -2.01. The first-order chi connectivity index (χ1) is 8.03. The van der Waals surface area contributed by atoms with Crippen LogP contribution in [0.4, 0.5) is 11.4 Å². The topological polar surface area (TPSA) is 86.2 Å². The van der Waals surface area contributed by atoms with Gasteiger partial charge in [-0.1, -0.05) is 24.3 Å². The van der Waals surface area contributed by atoms with Crippen LogP contribution in [0.15, 0.2) is 58.3 Å². The Morgan fingerprint density at radius 2 is 1.06 bits per heavy atom. The minimum atomic E-state index is -3.65. The molecule has 2 rings (SSSR count). The molecule has 2 aromatic carbocycles. The molecule has 0 aliphatic carbocycles. The normalized spacial score (nSPS) is 11.3. The van der Waals surface area contributed by atoms with Crippen LogP contribution in [-0.4, -0.2) is 8.42 Å². The van der Waals surface area contributed by atoms with Gasteiger partial charge in [-0.2, -0.15) is 0 Å². The lowest BCUT2D eigenvalue weighted by atomic mass is 10.3. The minimum absolute atomic E-state index is 0.0814. The lowest BCUT2D eigenvalue weighted by molar-refractivity contribution is 0.597. The van der Waals surface area contributed by atoms with E-state index in [1.54, 1.807) is 36.4 Å². The van der Waals surface area contributed by atoms with E-state index in [0.29, 0.717) is 0 Å². The molecule has 0 fully saturated rings. The molecule has 0 aliphatic heterocycles. The maximum atomic E-state index is 12.3. The molecule has 0 aromatic heterocycles. The van der Waals surface area contributed by atoms with Gasteiger partial charge >= 0.3 is 0 Å². The lowest BCUT2D eigenvalue weighted by Crippen LogP contribution is -2.07. The zero-order valence-electron chi connectivity index (χ0n) is 9.00. The van der Waals surface area contributed by atoms with Gasteiger partial charge in [0, 0.05) is 0 Å². The van der Waals surface area contributed by atoms with E-state index in [0.717, 1.165) is 0 Å². The Morgan fingerprint density at radius 3 is 1.41 bits per heavy atom. The summed E-state index contributed by atoms with van der Waals surface area (Å²) in [5.74, 6) is 0. The molecular weight excluding hydrogens is 236 g/mol. The van der Waals surface area contributed by atoms with Crippen molar-refractivity contribution >= 4 is 21.2 Å². The monoisotopic (exact) mass is 248 g/mol. The Bertz CT molecular complexity index is 600. The number of para-hydroxylation sites is 2. The summed E-state index contributed by atoms with van der Waals surface area (Å²) in [5, 5.41) is 0. The molecule has 5 heteroatoms. The first kappa shape index (κ1) is 11.5. The van der Waals surface area contributed by atoms with Crippen molar-refractivity contribution in [3.05, 3.63) is 48.5 Å². The standard InChI is InChI=1S/C12H12N2O2S/c13-9-5-1-3-7-11(9)17(15,16)12-8-4-2-6-10(12)14/h1-8H,13-14H2. The van der Waals surface area contributed by atoms with Gasteiger partial charge in [-0.3, -0.25) is 0 Å². The highest BCUT2D eigenvalue weighted by Gasteiger charge is 2.21. The van der Waals surface area contributed by atoms with Gasteiger partial charge < -0.3 is 11.5 Å². The Labute approximate surface area is 99.8 Å². The summed E-state index contributed by atoms with van der Waals surface area (Å²) in [5.41, 5.74) is 11.8. The molecule has 4 nitrogen and oxygen atoms in total. The SMILES string of the molecule is Nc1ccccc1S(=O)(=O)c1ccccc1N. The Morgan fingerprint density at radius 1 is 0.706 bits per heavy atom. The minimum Gasteiger partial charge on any atom is -0.398 e. The number of rotatable bonds is 2. The highest BCUT2D eigenvalue weighted by Crippen LogP contribution is 2.28. The van der Waals surface area contributed by atoms with Crippen LogP contribution < -0.4 is 11.5 Å². The highest BCUT2D eigenvalue weighted by molar-refractivity contribution is 7.91. The summed E-state index contributed by atoms with van der Waals surface area (Å²) >= 11 is 0. The summed E-state index contributed by atoms with van der Waals surface area (Å²) in [6, 6.07) is 12.7. The smallest absolute Gasteiger partial charge is 0.210 e. The van der Waals surface area contributed by atoms with Crippen LogP contribution in [0.1, 0.15) is 0 Å². The van der Waals surface area contributed by atoms with E-state index >= 15 is 0 Å². The molecule has 2 aromatic rings. The first-order valence-corrected chi connectivity index (χ1v) is 6.46. The molecular formula is C12H12N2O2S. The molecule has 0 atom stereocenters. The van der Waals surface area contributed by atoms with Gasteiger partial charge in [0.05, 0.1) is 21.2 Å². The fraction of sp³-hybridized carbons (Fsp3) is 0. The maximum absolute atomic E-state index is 12.3. The second-order valence-corrected chi connectivity index (χ2v) is 5.47. The largest absolute Gasteiger partial charge is 0.398 e. The van der Waals surface area contributed by atoms with Crippen LogP contribution in [-0.2, 0) is 9.84 Å². The van der Waals surface area contributed by atoms with E-state index in [1.165, 1.54) is 12.1 Å². The fourth-order valence-corrected chi connectivity index (χ4v) is 3.08. The molecule has 0 spiro atoms. The van der Waals surface area contributed by atoms with Gasteiger partial charge in [0.2, 0.25) is 9.84 Å². The number of hydrogen-bond acceptors (Lipinski definition) is 4. The van der Waals surface area contributed by atoms with Crippen LogP contribution in [0, 0.1) is 0 Å². The van der Waals surface area contributed by atoms with Gasteiger partial charge in [-0.05, 0) is 24.3 Å². The third kappa shape index (κ3) is 1.97. The third-order valence-electron chi connectivity index (χ3n) is 2.42. The molecule has 88 valence electrons. The molecule has 17 heavy (non-hydrogen) atoms. The molecule has 4 N–H and O–H groups in total. The molecule has 0 heterocycles. The van der Waals surface area contributed by atoms with Crippen LogP contribution in [0.3, 0.4) is 0 Å². The predicted octanol–water partition coefficient (Wildman–Crippen LogP) is 1.68. The van der Waals surface area contributed by atoms with Gasteiger partial charge in [0.1, 0.15) is 0 Å². The highest BCUT2D eigenvalue weighted by atomic mass is 32.2. The molecule has 0 saturated heterocycles. The van der Waals surface area contributed by atoms with Crippen molar-refractivity contribution in [1.29, 1.82) is 0 Å². The molecule has 0 bridgehead atoms. The van der Waals surface area contributed by atoms with Crippen molar-refractivity contribution in [2.45, 2.75) is 9.79 Å². The van der Waals surface area contributed by atoms with Crippen molar-refractivity contribution in [1.82, 2.24) is 0 Å². The van der Waals surface area contributed by atoms with Crippen LogP contribution >= 0.6 is 0 Å². The number of nitrogen functional groups attached to an aromatic ring is 2. The van der Waals surface area contributed by atoms with Crippen LogP contribution in [0.5, 0.6) is 0 Å². The lowest BCUT2D eigenvalue weighted by Gasteiger charge is -2.09. The number of anilines is 2. The molecule has 0 saturated carbocycles. The Balaban J connectivity index is 2.67. The van der Waals surface area contributed by atoms with E-state index in [4.69, 9.17) is 11.5 Å². The van der Waals surface area contributed by atoms with Crippen molar-refractivity contribution < 1.29 is 8.42 Å². The number of hydrogen-bond donors (Lipinski definition) is 2. The molecule has 0 aliphatic rings. The predicted molar refractivity (Wildman–Crippen MR) is 67.2 cm³/mol. The summed E-state index contributed by atoms with van der Waals surface area (Å²) < 4.78 is 24.6. The van der Waals surface area contributed by atoms with Gasteiger partial charge in [-0.25, -0.2) is 8.42 Å². The average Bonchev–Trinajstić information content (AvgIpc) is 2.29. The van der Waals surface area contributed by atoms with Crippen molar-refractivity contribution in [3.63, 3.8) is 0 Å². The van der Waals surface area contributed by atoms with Crippen LogP contribution in [0.25, 0.3) is 0 Å². The van der Waals surface area contributed by atoms with E-state index in [1.807, 2.05) is 0 Å². The summed E-state index contributed by atoms with van der Waals surface area (Å²) in [7, 11) is -3.65. The molecule has 0 amide bonds. The van der Waals surface area contributed by atoms with E-state index in [-0.39, 0.29) is 21.2 Å². The van der Waals surface area contributed by atoms with Crippen molar-refractivity contribution in [2.24, 2.45) is 0 Å². The van der Waals surface area contributed by atoms with E-state index < -0.39 is 9.84 Å².